The molecule has 2 amide bonds. The van der Waals surface area contributed by atoms with E-state index < -0.39 is 0 Å². The molecule has 0 radical (unpaired) electrons. The van der Waals surface area contributed by atoms with Crippen molar-refractivity contribution in [1.82, 2.24) is 20.0 Å². The van der Waals surface area contributed by atoms with Gasteiger partial charge in [0.2, 0.25) is 5.91 Å². The van der Waals surface area contributed by atoms with Crippen LogP contribution in [-0.4, -0.2) is 46.1 Å². The van der Waals surface area contributed by atoms with Crippen molar-refractivity contribution in [1.29, 1.82) is 0 Å². The topological polar surface area (TPSA) is 67.2 Å². The van der Waals surface area contributed by atoms with Gasteiger partial charge in [0.1, 0.15) is 11.5 Å². The number of hydrogen-bond acceptors (Lipinski definition) is 3. The molecule has 0 aliphatic carbocycles. The van der Waals surface area contributed by atoms with Gasteiger partial charge in [0, 0.05) is 37.8 Å². The van der Waals surface area contributed by atoms with Gasteiger partial charge in [-0.05, 0) is 56.5 Å². The summed E-state index contributed by atoms with van der Waals surface area (Å²) in [6.45, 7) is 3.91. The minimum atomic E-state index is -0.328. The molecule has 1 fully saturated rings. The first kappa shape index (κ1) is 22.7. The minimum absolute atomic E-state index is 0.209. The standard InChI is InChI=1S/C26H29FN4O2/c1-19-7-5-8-20(17-19)25-23(18-31(29-25)22-12-10-21(27)11-13-22)26(33)28-14-6-16-30-15-4-2-3-9-24(30)32/h5,7-8,10-13,17-18H,2-4,6,9,14-16H2,1H3,(H,28,33). The number of amides is 2. The lowest BCUT2D eigenvalue weighted by Crippen LogP contribution is -2.34. The van der Waals surface area contributed by atoms with Gasteiger partial charge in [-0.1, -0.05) is 30.2 Å². The van der Waals surface area contributed by atoms with Gasteiger partial charge in [-0.25, -0.2) is 9.07 Å². The molecule has 6 nitrogen and oxygen atoms in total. The van der Waals surface area contributed by atoms with Crippen molar-refractivity contribution in [3.63, 3.8) is 0 Å². The molecule has 33 heavy (non-hydrogen) atoms. The lowest BCUT2D eigenvalue weighted by atomic mass is 10.1. The van der Waals surface area contributed by atoms with E-state index in [0.29, 0.717) is 42.9 Å². The van der Waals surface area contributed by atoms with Crippen LogP contribution in [0.3, 0.4) is 0 Å². The molecule has 0 bridgehead atoms. The highest BCUT2D eigenvalue weighted by molar-refractivity contribution is 6.00. The Morgan fingerprint density at radius 3 is 2.73 bits per heavy atom. The van der Waals surface area contributed by atoms with Gasteiger partial charge in [0.25, 0.3) is 5.91 Å². The number of hydrogen-bond donors (Lipinski definition) is 1. The minimum Gasteiger partial charge on any atom is -0.352 e. The van der Waals surface area contributed by atoms with E-state index in [2.05, 4.69) is 10.4 Å². The maximum absolute atomic E-state index is 13.4. The molecule has 1 aliphatic rings. The van der Waals surface area contributed by atoms with E-state index in [1.165, 1.54) is 12.1 Å². The molecule has 1 aliphatic heterocycles. The average molecular weight is 449 g/mol. The Bertz CT molecular complexity index is 1120. The van der Waals surface area contributed by atoms with Gasteiger partial charge in [-0.3, -0.25) is 9.59 Å². The van der Waals surface area contributed by atoms with Gasteiger partial charge in [0.15, 0.2) is 0 Å². The van der Waals surface area contributed by atoms with Crippen LogP contribution in [0.4, 0.5) is 4.39 Å². The summed E-state index contributed by atoms with van der Waals surface area (Å²) in [5, 5.41) is 7.62. The molecule has 0 spiro atoms. The van der Waals surface area contributed by atoms with Crippen molar-refractivity contribution in [2.45, 2.75) is 39.0 Å². The van der Waals surface area contributed by atoms with Crippen LogP contribution >= 0.6 is 0 Å². The molecule has 3 aromatic rings. The third kappa shape index (κ3) is 5.66. The zero-order valence-corrected chi connectivity index (χ0v) is 18.9. The highest BCUT2D eigenvalue weighted by atomic mass is 19.1. The zero-order chi connectivity index (χ0) is 23.2. The van der Waals surface area contributed by atoms with Crippen LogP contribution in [0.25, 0.3) is 16.9 Å². The largest absolute Gasteiger partial charge is 0.352 e. The summed E-state index contributed by atoms with van der Waals surface area (Å²) in [6, 6.07) is 13.8. The Labute approximate surface area is 193 Å². The molecule has 1 aromatic heterocycles. The number of carbonyl (C=O) groups excluding carboxylic acids is 2. The van der Waals surface area contributed by atoms with E-state index in [0.717, 1.165) is 36.9 Å². The van der Waals surface area contributed by atoms with E-state index >= 15 is 0 Å². The van der Waals surface area contributed by atoms with Crippen LogP contribution in [0.1, 0.15) is 48.0 Å². The number of rotatable bonds is 7. The summed E-state index contributed by atoms with van der Waals surface area (Å²) in [5.41, 5.74) is 3.61. The first-order valence-corrected chi connectivity index (χ1v) is 11.5. The van der Waals surface area contributed by atoms with E-state index in [9.17, 15) is 14.0 Å². The third-order valence-electron chi connectivity index (χ3n) is 5.90. The normalized spacial score (nSPS) is 14.2. The Morgan fingerprint density at radius 1 is 1.12 bits per heavy atom. The average Bonchev–Trinajstić information content (AvgIpc) is 3.16. The molecular weight excluding hydrogens is 419 g/mol. The Hall–Kier alpha value is -3.48. The number of nitrogens with zero attached hydrogens (tertiary/aromatic N) is 3. The lowest BCUT2D eigenvalue weighted by Gasteiger charge is -2.20. The van der Waals surface area contributed by atoms with Crippen LogP contribution in [0.5, 0.6) is 0 Å². The fourth-order valence-electron chi connectivity index (χ4n) is 4.11. The summed E-state index contributed by atoms with van der Waals surface area (Å²) < 4.78 is 15.0. The van der Waals surface area contributed by atoms with E-state index in [4.69, 9.17) is 0 Å². The van der Waals surface area contributed by atoms with Crippen molar-refractivity contribution in [2.24, 2.45) is 0 Å². The van der Waals surface area contributed by atoms with Gasteiger partial charge in [-0.15, -0.1) is 0 Å². The first-order chi connectivity index (χ1) is 16.0. The molecule has 172 valence electrons. The highest BCUT2D eigenvalue weighted by Gasteiger charge is 2.20. The second kappa shape index (κ2) is 10.4. The van der Waals surface area contributed by atoms with Crippen molar-refractivity contribution in [3.8, 4) is 16.9 Å². The molecule has 0 unspecified atom stereocenters. The monoisotopic (exact) mass is 448 g/mol. The van der Waals surface area contributed by atoms with Gasteiger partial charge >= 0.3 is 0 Å². The number of likely N-dealkylation sites (tertiary alicyclic amines) is 1. The molecule has 1 saturated heterocycles. The fourth-order valence-corrected chi connectivity index (χ4v) is 4.11. The van der Waals surface area contributed by atoms with Crippen LogP contribution in [-0.2, 0) is 4.79 Å². The predicted octanol–water partition coefficient (Wildman–Crippen LogP) is 4.51. The summed E-state index contributed by atoms with van der Waals surface area (Å²) in [4.78, 5) is 27.2. The maximum Gasteiger partial charge on any atom is 0.255 e. The summed E-state index contributed by atoms with van der Waals surface area (Å²) in [7, 11) is 0. The molecule has 2 heterocycles. The van der Waals surface area contributed by atoms with E-state index in [-0.39, 0.29) is 17.6 Å². The molecule has 1 N–H and O–H groups in total. The molecule has 7 heteroatoms. The molecular formula is C26H29FN4O2. The summed E-state index contributed by atoms with van der Waals surface area (Å²) in [6.07, 6.45) is 6.10. The van der Waals surface area contributed by atoms with Gasteiger partial charge < -0.3 is 10.2 Å². The smallest absolute Gasteiger partial charge is 0.255 e. The van der Waals surface area contributed by atoms with Crippen LogP contribution < -0.4 is 5.32 Å². The Kier molecular flexibility index (Phi) is 7.17. The summed E-state index contributed by atoms with van der Waals surface area (Å²) >= 11 is 0. The van der Waals surface area contributed by atoms with Crippen LogP contribution in [0, 0.1) is 12.7 Å². The van der Waals surface area contributed by atoms with Crippen LogP contribution in [0.2, 0.25) is 0 Å². The number of carbonyl (C=O) groups is 2. The predicted molar refractivity (Wildman–Crippen MR) is 126 cm³/mol. The third-order valence-corrected chi connectivity index (χ3v) is 5.90. The number of aryl methyl sites for hydroxylation is 1. The molecule has 0 saturated carbocycles. The number of halogens is 1. The summed E-state index contributed by atoms with van der Waals surface area (Å²) in [5.74, 6) is -0.339. The van der Waals surface area contributed by atoms with Crippen molar-refractivity contribution < 1.29 is 14.0 Å². The van der Waals surface area contributed by atoms with E-state index in [1.807, 2.05) is 36.1 Å². The highest BCUT2D eigenvalue weighted by Crippen LogP contribution is 2.25. The second-order valence-corrected chi connectivity index (χ2v) is 8.48. The van der Waals surface area contributed by atoms with Gasteiger partial charge in [-0.2, -0.15) is 5.10 Å². The van der Waals surface area contributed by atoms with Gasteiger partial charge in [0.05, 0.1) is 11.3 Å². The first-order valence-electron chi connectivity index (χ1n) is 11.5. The Balaban J connectivity index is 1.49. The maximum atomic E-state index is 13.4. The lowest BCUT2D eigenvalue weighted by molar-refractivity contribution is -0.130. The van der Waals surface area contributed by atoms with Crippen molar-refractivity contribution in [3.05, 3.63) is 71.7 Å². The van der Waals surface area contributed by atoms with E-state index in [1.54, 1.807) is 23.0 Å². The van der Waals surface area contributed by atoms with Crippen LogP contribution in [0.15, 0.2) is 54.7 Å². The zero-order valence-electron chi connectivity index (χ0n) is 18.9. The number of benzene rings is 2. The molecule has 2 aromatic carbocycles. The number of nitrogens with one attached hydrogen (secondary N) is 1. The Morgan fingerprint density at radius 2 is 1.94 bits per heavy atom. The molecule has 0 atom stereocenters. The molecule has 4 rings (SSSR count). The quantitative estimate of drug-likeness (QED) is 0.541. The SMILES string of the molecule is Cc1cccc(-c2nn(-c3ccc(F)cc3)cc2C(=O)NCCCN2CCCCCC2=O)c1. The van der Waals surface area contributed by atoms with Crippen molar-refractivity contribution in [2.75, 3.05) is 19.6 Å². The number of aromatic nitrogens is 2. The fraction of sp³-hybridized carbons (Fsp3) is 0.346. The second-order valence-electron chi connectivity index (χ2n) is 8.48. The van der Waals surface area contributed by atoms with Crippen molar-refractivity contribution >= 4 is 11.8 Å².